The summed E-state index contributed by atoms with van der Waals surface area (Å²) in [7, 11) is -3.60. The Hall–Kier alpha value is -1.61. The molecule has 0 aliphatic heterocycles. The number of rotatable bonds is 6. The highest BCUT2D eigenvalue weighted by molar-refractivity contribution is 7.91. The number of aromatic nitrogens is 1. The van der Waals surface area contributed by atoms with Gasteiger partial charge in [0.25, 0.3) is 0 Å². The van der Waals surface area contributed by atoms with E-state index in [2.05, 4.69) is 9.71 Å². The third-order valence-corrected chi connectivity index (χ3v) is 7.39. The summed E-state index contributed by atoms with van der Waals surface area (Å²) >= 11 is 2.70. The van der Waals surface area contributed by atoms with Crippen LogP contribution in [-0.4, -0.2) is 13.4 Å². The van der Waals surface area contributed by atoms with Crippen LogP contribution in [0.4, 0.5) is 4.39 Å². The second kappa shape index (κ2) is 7.10. The zero-order valence-corrected chi connectivity index (χ0v) is 15.3. The maximum Gasteiger partial charge on any atom is 0.250 e. The first kappa shape index (κ1) is 17.2. The molecule has 8 heteroatoms. The molecule has 0 atom stereocenters. The number of thiophene rings is 1. The summed E-state index contributed by atoms with van der Waals surface area (Å²) in [4.78, 5) is 5.31. The summed E-state index contributed by atoms with van der Waals surface area (Å²) in [5.41, 5.74) is 1.70. The molecule has 0 saturated carbocycles. The summed E-state index contributed by atoms with van der Waals surface area (Å²) in [6.45, 7) is 2.15. The zero-order chi connectivity index (χ0) is 17.2. The fourth-order valence-corrected chi connectivity index (χ4v) is 5.36. The number of nitrogens with zero attached hydrogens (tertiary/aromatic N) is 1. The third-order valence-electron chi connectivity index (χ3n) is 3.35. The van der Waals surface area contributed by atoms with Crippen molar-refractivity contribution in [3.8, 4) is 9.88 Å². The summed E-state index contributed by atoms with van der Waals surface area (Å²) < 4.78 is 40.4. The lowest BCUT2D eigenvalue weighted by Gasteiger charge is -2.04. The number of sulfonamides is 1. The summed E-state index contributed by atoms with van der Waals surface area (Å²) in [5.74, 6) is -0.348. The third kappa shape index (κ3) is 3.89. The molecule has 0 saturated heterocycles. The average Bonchev–Trinajstić information content (AvgIpc) is 3.23. The van der Waals surface area contributed by atoms with Gasteiger partial charge in [0.15, 0.2) is 0 Å². The van der Waals surface area contributed by atoms with Gasteiger partial charge in [-0.2, -0.15) is 0 Å². The van der Waals surface area contributed by atoms with Crippen molar-refractivity contribution in [1.82, 2.24) is 9.71 Å². The minimum Gasteiger partial charge on any atom is -0.240 e. The molecule has 0 aliphatic carbocycles. The predicted octanol–water partition coefficient (Wildman–Crippen LogP) is 4.05. The molecule has 0 fully saturated rings. The van der Waals surface area contributed by atoms with Gasteiger partial charge in [-0.15, -0.1) is 22.7 Å². The summed E-state index contributed by atoms with van der Waals surface area (Å²) in [5, 5.41) is 2.81. The van der Waals surface area contributed by atoms with Crippen LogP contribution >= 0.6 is 22.7 Å². The number of halogens is 1. The highest BCUT2D eigenvalue weighted by atomic mass is 32.2. The van der Waals surface area contributed by atoms with Gasteiger partial charge in [0.2, 0.25) is 10.0 Å². The first-order valence-corrected chi connectivity index (χ1v) is 10.4. The van der Waals surface area contributed by atoms with Crippen LogP contribution in [0.2, 0.25) is 0 Å². The Kier molecular flexibility index (Phi) is 5.09. The van der Waals surface area contributed by atoms with Gasteiger partial charge in [-0.05, 0) is 36.2 Å². The molecule has 0 amide bonds. The molecule has 2 heterocycles. The first-order chi connectivity index (χ1) is 11.5. The minimum atomic E-state index is -3.60. The Bertz CT molecular complexity index is 930. The Morgan fingerprint density at radius 3 is 2.58 bits per heavy atom. The monoisotopic (exact) mass is 382 g/mol. The van der Waals surface area contributed by atoms with E-state index in [0.29, 0.717) is 5.56 Å². The lowest BCUT2D eigenvalue weighted by molar-refractivity contribution is 0.583. The van der Waals surface area contributed by atoms with Crippen molar-refractivity contribution < 1.29 is 12.8 Å². The molecule has 2 aromatic heterocycles. The van der Waals surface area contributed by atoms with Gasteiger partial charge in [-0.3, -0.25) is 0 Å². The van der Waals surface area contributed by atoms with Crippen molar-refractivity contribution in [3.05, 3.63) is 58.9 Å². The maximum absolute atomic E-state index is 12.9. The molecule has 0 aliphatic rings. The fourth-order valence-electron chi connectivity index (χ4n) is 2.01. The highest BCUT2D eigenvalue weighted by Gasteiger charge is 2.18. The predicted molar refractivity (Wildman–Crippen MR) is 95.2 cm³/mol. The van der Waals surface area contributed by atoms with Crippen molar-refractivity contribution in [2.45, 2.75) is 24.1 Å². The van der Waals surface area contributed by atoms with E-state index in [1.807, 2.05) is 12.3 Å². The molecular formula is C16H15FN2O2S3. The molecule has 4 nitrogen and oxygen atoms in total. The van der Waals surface area contributed by atoms with Gasteiger partial charge in [-0.1, -0.05) is 19.1 Å². The van der Waals surface area contributed by atoms with E-state index in [4.69, 9.17) is 0 Å². The van der Waals surface area contributed by atoms with Gasteiger partial charge in [0.1, 0.15) is 15.0 Å². The van der Waals surface area contributed by atoms with Gasteiger partial charge in [-0.25, -0.2) is 22.5 Å². The van der Waals surface area contributed by atoms with E-state index in [9.17, 15) is 12.8 Å². The lowest BCUT2D eigenvalue weighted by atomic mass is 10.2. The number of nitrogens with one attached hydrogen (secondary N) is 1. The van der Waals surface area contributed by atoms with Crippen LogP contribution in [0.3, 0.4) is 0 Å². The van der Waals surface area contributed by atoms with Gasteiger partial charge < -0.3 is 0 Å². The Labute approximate surface area is 148 Å². The standard InChI is InChI=1S/C16H15FN2O2S3/c1-2-13-10-22-16(19-13)14-7-8-15(23-14)24(20,21)18-9-11-3-5-12(17)6-4-11/h3-8,10,18H,2,9H2,1H3. The Morgan fingerprint density at radius 2 is 1.92 bits per heavy atom. The molecule has 0 bridgehead atoms. The van der Waals surface area contributed by atoms with E-state index in [0.717, 1.165) is 22.0 Å². The smallest absolute Gasteiger partial charge is 0.240 e. The SMILES string of the molecule is CCc1csc(-c2ccc(S(=O)(=O)NCc3ccc(F)cc3)s2)n1. The van der Waals surface area contributed by atoms with Crippen LogP contribution in [0, 0.1) is 5.82 Å². The van der Waals surface area contributed by atoms with Crippen molar-refractivity contribution in [1.29, 1.82) is 0 Å². The van der Waals surface area contributed by atoms with Crippen LogP contribution in [0.25, 0.3) is 9.88 Å². The molecule has 24 heavy (non-hydrogen) atoms. The number of benzene rings is 1. The quantitative estimate of drug-likeness (QED) is 0.700. The molecular weight excluding hydrogens is 367 g/mol. The number of thiazole rings is 1. The van der Waals surface area contributed by atoms with Crippen LogP contribution in [0.5, 0.6) is 0 Å². The summed E-state index contributed by atoms with van der Waals surface area (Å²) in [6.07, 6.45) is 0.853. The number of hydrogen-bond donors (Lipinski definition) is 1. The largest absolute Gasteiger partial charge is 0.250 e. The number of aryl methyl sites for hydroxylation is 1. The second-order valence-electron chi connectivity index (χ2n) is 5.07. The van der Waals surface area contributed by atoms with Crippen LogP contribution in [0.1, 0.15) is 18.2 Å². The first-order valence-electron chi connectivity index (χ1n) is 7.26. The molecule has 3 rings (SSSR count). The molecule has 0 spiro atoms. The highest BCUT2D eigenvalue weighted by Crippen LogP contribution is 2.32. The lowest BCUT2D eigenvalue weighted by Crippen LogP contribution is -2.22. The Morgan fingerprint density at radius 1 is 1.17 bits per heavy atom. The van der Waals surface area contributed by atoms with Crippen molar-refractivity contribution in [3.63, 3.8) is 0 Å². The van der Waals surface area contributed by atoms with Crippen LogP contribution < -0.4 is 4.72 Å². The molecule has 0 radical (unpaired) electrons. The zero-order valence-electron chi connectivity index (χ0n) is 12.8. The second-order valence-corrected chi connectivity index (χ2v) is 9.00. The van der Waals surface area contributed by atoms with Gasteiger partial charge in [0, 0.05) is 11.9 Å². The van der Waals surface area contributed by atoms with Crippen LogP contribution in [0.15, 0.2) is 46.0 Å². The Balaban J connectivity index is 1.74. The van der Waals surface area contributed by atoms with Gasteiger partial charge in [0.05, 0.1) is 10.6 Å². The molecule has 3 aromatic rings. The van der Waals surface area contributed by atoms with E-state index in [1.165, 1.54) is 34.8 Å². The number of hydrogen-bond acceptors (Lipinski definition) is 5. The fraction of sp³-hybridized carbons (Fsp3) is 0.188. The van der Waals surface area contributed by atoms with E-state index in [1.54, 1.807) is 24.3 Å². The van der Waals surface area contributed by atoms with Crippen molar-refractivity contribution in [2.24, 2.45) is 0 Å². The topological polar surface area (TPSA) is 59.1 Å². The molecule has 1 N–H and O–H groups in total. The summed E-state index contributed by atoms with van der Waals surface area (Å²) in [6, 6.07) is 9.08. The van der Waals surface area contributed by atoms with E-state index in [-0.39, 0.29) is 16.6 Å². The van der Waals surface area contributed by atoms with Crippen molar-refractivity contribution in [2.75, 3.05) is 0 Å². The maximum atomic E-state index is 12.9. The minimum absolute atomic E-state index is 0.118. The van der Waals surface area contributed by atoms with E-state index < -0.39 is 10.0 Å². The molecule has 126 valence electrons. The van der Waals surface area contributed by atoms with E-state index >= 15 is 0 Å². The molecule has 0 unspecified atom stereocenters. The van der Waals surface area contributed by atoms with Crippen molar-refractivity contribution >= 4 is 32.7 Å². The average molecular weight is 383 g/mol. The normalized spacial score (nSPS) is 11.8. The van der Waals surface area contributed by atoms with Gasteiger partial charge >= 0.3 is 0 Å². The molecule has 1 aromatic carbocycles. The van der Waals surface area contributed by atoms with Crippen LogP contribution in [-0.2, 0) is 23.0 Å².